The summed E-state index contributed by atoms with van der Waals surface area (Å²) in [6.45, 7) is 9.61. The highest BCUT2D eigenvalue weighted by Crippen LogP contribution is 2.28. The Bertz CT molecular complexity index is 910. The Morgan fingerprint density at radius 2 is 1.76 bits per heavy atom. The van der Waals surface area contributed by atoms with Gasteiger partial charge in [-0.3, -0.25) is 0 Å². The molecule has 29 heavy (non-hydrogen) atoms. The third-order valence-electron chi connectivity index (χ3n) is 5.96. The smallest absolute Gasteiger partial charge is 0.120 e. The average Bonchev–Trinajstić information content (AvgIpc) is 3.07. The molecular weight excluding hydrogens is 358 g/mol. The van der Waals surface area contributed by atoms with Gasteiger partial charge in [0.25, 0.3) is 0 Å². The number of aromatic nitrogens is 1. The molecule has 2 heterocycles. The predicted molar refractivity (Wildman–Crippen MR) is 121 cm³/mol. The summed E-state index contributed by atoms with van der Waals surface area (Å²) in [7, 11) is 2.22. The van der Waals surface area contributed by atoms with Crippen molar-refractivity contribution in [2.75, 3.05) is 46.4 Å². The maximum Gasteiger partial charge on any atom is 0.120 e. The fourth-order valence-corrected chi connectivity index (χ4v) is 4.28. The normalized spacial score (nSPS) is 15.8. The van der Waals surface area contributed by atoms with Gasteiger partial charge in [0.2, 0.25) is 0 Å². The van der Waals surface area contributed by atoms with Gasteiger partial charge in [0, 0.05) is 49.8 Å². The van der Waals surface area contributed by atoms with Gasteiger partial charge in [0.1, 0.15) is 5.75 Å². The Kier molecular flexibility index (Phi) is 6.53. The lowest BCUT2D eigenvalue weighted by Gasteiger charge is -2.32. The third-order valence-corrected chi connectivity index (χ3v) is 5.96. The van der Waals surface area contributed by atoms with Gasteiger partial charge in [-0.1, -0.05) is 30.3 Å². The van der Waals surface area contributed by atoms with Crippen molar-refractivity contribution >= 4 is 10.9 Å². The molecule has 0 unspecified atom stereocenters. The summed E-state index contributed by atoms with van der Waals surface area (Å²) in [6, 6.07) is 17.3. The maximum atomic E-state index is 5.78. The molecule has 4 nitrogen and oxygen atoms in total. The maximum absolute atomic E-state index is 5.78. The zero-order valence-electron chi connectivity index (χ0n) is 17.8. The van der Waals surface area contributed by atoms with Crippen molar-refractivity contribution in [3.05, 3.63) is 65.9 Å². The van der Waals surface area contributed by atoms with Gasteiger partial charge >= 0.3 is 0 Å². The van der Waals surface area contributed by atoms with Crippen LogP contribution in [0.15, 0.2) is 54.7 Å². The van der Waals surface area contributed by atoms with Gasteiger partial charge in [0.15, 0.2) is 0 Å². The van der Waals surface area contributed by atoms with E-state index in [1.807, 2.05) is 6.92 Å². The van der Waals surface area contributed by atoms with Crippen molar-refractivity contribution in [3.63, 3.8) is 0 Å². The van der Waals surface area contributed by atoms with Gasteiger partial charge in [0.05, 0.1) is 6.61 Å². The van der Waals surface area contributed by atoms with Crippen LogP contribution in [0.25, 0.3) is 10.9 Å². The molecule has 1 aromatic heterocycles. The zero-order chi connectivity index (χ0) is 20.1. The first-order valence-electron chi connectivity index (χ1n) is 10.9. The molecule has 4 rings (SSSR count). The van der Waals surface area contributed by atoms with Crippen molar-refractivity contribution in [1.82, 2.24) is 14.4 Å². The summed E-state index contributed by atoms with van der Waals surface area (Å²) < 4.78 is 8.18. The van der Waals surface area contributed by atoms with Crippen LogP contribution < -0.4 is 4.74 Å². The van der Waals surface area contributed by atoms with Crippen LogP contribution in [0.2, 0.25) is 0 Å². The van der Waals surface area contributed by atoms with Gasteiger partial charge in [-0.2, -0.15) is 0 Å². The summed E-state index contributed by atoms with van der Waals surface area (Å²) in [6.07, 6.45) is 4.67. The Hall–Kier alpha value is -2.30. The van der Waals surface area contributed by atoms with Crippen molar-refractivity contribution in [1.29, 1.82) is 0 Å². The highest BCUT2D eigenvalue weighted by molar-refractivity contribution is 5.85. The van der Waals surface area contributed by atoms with E-state index >= 15 is 0 Å². The Balaban J connectivity index is 1.52. The largest absolute Gasteiger partial charge is 0.494 e. The lowest BCUT2D eigenvalue weighted by atomic mass is 10.1. The molecule has 0 amide bonds. The molecule has 1 saturated heterocycles. The molecule has 0 spiro atoms. The minimum atomic E-state index is 0.703. The molecule has 0 N–H and O–H groups in total. The number of piperazine rings is 1. The van der Waals surface area contributed by atoms with Crippen LogP contribution in [0, 0.1) is 0 Å². The minimum absolute atomic E-state index is 0.703. The second-order valence-corrected chi connectivity index (χ2v) is 8.13. The van der Waals surface area contributed by atoms with Crippen molar-refractivity contribution in [2.45, 2.75) is 26.3 Å². The third kappa shape index (κ3) is 5.01. The molecule has 3 aromatic rings. The van der Waals surface area contributed by atoms with E-state index in [1.54, 1.807) is 0 Å². The fourth-order valence-electron chi connectivity index (χ4n) is 4.28. The number of nitrogens with zero attached hydrogens (tertiary/aromatic N) is 3. The molecule has 0 radical (unpaired) electrons. The molecule has 1 aliphatic rings. The lowest BCUT2D eigenvalue weighted by molar-refractivity contribution is 0.153. The molecule has 1 fully saturated rings. The number of aryl methyl sites for hydroxylation is 1. The second kappa shape index (κ2) is 9.47. The van der Waals surface area contributed by atoms with E-state index in [2.05, 4.69) is 76.1 Å². The quantitative estimate of drug-likeness (QED) is 0.572. The van der Waals surface area contributed by atoms with Gasteiger partial charge in [-0.05, 0) is 62.7 Å². The molecule has 1 aliphatic heterocycles. The zero-order valence-corrected chi connectivity index (χ0v) is 17.8. The summed E-state index contributed by atoms with van der Waals surface area (Å²) in [5.74, 6) is 0.970. The second-order valence-electron chi connectivity index (χ2n) is 8.13. The van der Waals surface area contributed by atoms with Crippen LogP contribution in [0.5, 0.6) is 5.75 Å². The van der Waals surface area contributed by atoms with Crippen LogP contribution in [0.1, 0.15) is 24.5 Å². The molecule has 0 bridgehead atoms. The van der Waals surface area contributed by atoms with E-state index in [9.17, 15) is 0 Å². The SMILES string of the molecule is CCOc1ccc2c(c1)c(CCCN1CCN(C)CC1)cn2Cc1ccccc1. The van der Waals surface area contributed by atoms with E-state index < -0.39 is 0 Å². The fraction of sp³-hybridized carbons (Fsp3) is 0.440. The lowest BCUT2D eigenvalue weighted by Crippen LogP contribution is -2.44. The number of rotatable bonds is 8. The van der Waals surface area contributed by atoms with Gasteiger partial charge < -0.3 is 19.1 Å². The molecule has 0 aliphatic carbocycles. The highest BCUT2D eigenvalue weighted by Gasteiger charge is 2.14. The first-order valence-corrected chi connectivity index (χ1v) is 10.9. The summed E-state index contributed by atoms with van der Waals surface area (Å²) in [4.78, 5) is 5.03. The first kappa shape index (κ1) is 20.0. The monoisotopic (exact) mass is 391 g/mol. The number of hydrogen-bond acceptors (Lipinski definition) is 3. The number of fused-ring (bicyclic) bond motifs is 1. The van der Waals surface area contributed by atoms with Crippen molar-refractivity contribution < 1.29 is 4.74 Å². The van der Waals surface area contributed by atoms with Crippen LogP contribution in [-0.2, 0) is 13.0 Å². The van der Waals surface area contributed by atoms with Crippen molar-refractivity contribution in [3.8, 4) is 5.75 Å². The van der Waals surface area contributed by atoms with Crippen LogP contribution >= 0.6 is 0 Å². The van der Waals surface area contributed by atoms with Crippen LogP contribution in [0.3, 0.4) is 0 Å². The van der Waals surface area contributed by atoms with E-state index in [1.165, 1.54) is 61.2 Å². The summed E-state index contributed by atoms with van der Waals surface area (Å²) in [5, 5.41) is 1.34. The number of likely N-dealkylation sites (N-methyl/N-ethyl adjacent to an activating group) is 1. The van der Waals surface area contributed by atoms with Crippen LogP contribution in [0.4, 0.5) is 0 Å². The van der Waals surface area contributed by atoms with E-state index in [4.69, 9.17) is 4.74 Å². The number of benzene rings is 2. The number of ether oxygens (including phenoxy) is 1. The van der Waals surface area contributed by atoms with Gasteiger partial charge in [-0.15, -0.1) is 0 Å². The topological polar surface area (TPSA) is 20.6 Å². The highest BCUT2D eigenvalue weighted by atomic mass is 16.5. The predicted octanol–water partition coefficient (Wildman–Crippen LogP) is 4.27. The Morgan fingerprint density at radius 3 is 2.52 bits per heavy atom. The molecular formula is C25H33N3O. The Labute approximate surface area is 174 Å². The number of hydrogen-bond donors (Lipinski definition) is 0. The van der Waals surface area contributed by atoms with E-state index in [0.717, 1.165) is 18.7 Å². The van der Waals surface area contributed by atoms with E-state index in [0.29, 0.717) is 6.61 Å². The molecule has 0 saturated carbocycles. The van der Waals surface area contributed by atoms with E-state index in [-0.39, 0.29) is 0 Å². The average molecular weight is 392 g/mol. The van der Waals surface area contributed by atoms with Gasteiger partial charge in [-0.25, -0.2) is 0 Å². The summed E-state index contributed by atoms with van der Waals surface area (Å²) in [5.41, 5.74) is 4.07. The first-order chi connectivity index (χ1) is 14.2. The minimum Gasteiger partial charge on any atom is -0.494 e. The van der Waals surface area contributed by atoms with Crippen molar-refractivity contribution in [2.24, 2.45) is 0 Å². The van der Waals surface area contributed by atoms with Crippen LogP contribution in [-0.4, -0.2) is 60.7 Å². The molecule has 154 valence electrons. The molecule has 4 heteroatoms. The molecule has 0 atom stereocenters. The molecule has 2 aromatic carbocycles. The summed E-state index contributed by atoms with van der Waals surface area (Å²) >= 11 is 0. The standard InChI is InChI=1S/C25H33N3O/c1-3-29-23-11-12-25-24(18-23)22(10-7-13-27-16-14-26(2)15-17-27)20-28(25)19-21-8-5-4-6-9-21/h4-6,8-9,11-12,18,20H,3,7,10,13-17,19H2,1-2H3. The Morgan fingerprint density at radius 1 is 0.966 bits per heavy atom.